The first-order chi connectivity index (χ1) is 13.3. The molecule has 0 radical (unpaired) electrons. The van der Waals surface area contributed by atoms with Gasteiger partial charge in [0.2, 0.25) is 5.91 Å². The third-order valence-corrected chi connectivity index (χ3v) is 4.79. The van der Waals surface area contributed by atoms with Crippen molar-refractivity contribution in [2.45, 2.75) is 5.92 Å². The second kappa shape index (κ2) is 8.01. The molecule has 0 saturated carbocycles. The predicted molar refractivity (Wildman–Crippen MR) is 105 cm³/mol. The summed E-state index contributed by atoms with van der Waals surface area (Å²) in [6.45, 7) is 1.47. The van der Waals surface area contributed by atoms with Crippen LogP contribution in [0.15, 0.2) is 79.1 Å². The van der Waals surface area contributed by atoms with Crippen molar-refractivity contribution in [1.29, 1.82) is 0 Å². The number of para-hydroxylation sites is 2. The number of carbonyl (C=O) groups is 1. The third kappa shape index (κ3) is 3.99. The van der Waals surface area contributed by atoms with Crippen LogP contribution < -0.4 is 15.4 Å². The summed E-state index contributed by atoms with van der Waals surface area (Å²) in [7, 11) is 0. The average Bonchev–Trinajstić information content (AvgIpc) is 3.21. The van der Waals surface area contributed by atoms with Crippen LogP contribution in [0.3, 0.4) is 0 Å². The zero-order chi connectivity index (χ0) is 18.5. The van der Waals surface area contributed by atoms with E-state index in [1.54, 1.807) is 12.4 Å². The predicted octanol–water partition coefficient (Wildman–Crippen LogP) is 3.82. The summed E-state index contributed by atoms with van der Waals surface area (Å²) in [4.78, 5) is 17.0. The number of aromatic nitrogens is 1. The first-order valence-corrected chi connectivity index (χ1v) is 9.05. The van der Waals surface area contributed by atoms with E-state index in [9.17, 15) is 4.79 Å². The number of benzene rings is 2. The number of anilines is 1. The highest BCUT2D eigenvalue weighted by Gasteiger charge is 2.34. The van der Waals surface area contributed by atoms with E-state index in [4.69, 9.17) is 4.74 Å². The number of nitrogens with one attached hydrogen (secondary N) is 2. The fraction of sp³-hybridized carbons (Fsp3) is 0.182. The summed E-state index contributed by atoms with van der Waals surface area (Å²) in [5.41, 5.74) is 1.84. The van der Waals surface area contributed by atoms with Gasteiger partial charge in [0.1, 0.15) is 5.75 Å². The fourth-order valence-corrected chi connectivity index (χ4v) is 3.42. The number of amides is 1. The minimum absolute atomic E-state index is 0.00362. The molecule has 27 heavy (non-hydrogen) atoms. The Hall–Kier alpha value is -3.18. The molecule has 1 saturated heterocycles. The van der Waals surface area contributed by atoms with Crippen LogP contribution in [0.25, 0.3) is 0 Å². The normalized spacial score (nSPS) is 18.8. The molecule has 4 rings (SSSR count). The van der Waals surface area contributed by atoms with Gasteiger partial charge in [-0.05, 0) is 29.8 Å². The van der Waals surface area contributed by atoms with Crippen LogP contribution in [0.5, 0.6) is 11.5 Å². The monoisotopic (exact) mass is 359 g/mol. The molecule has 0 spiro atoms. The van der Waals surface area contributed by atoms with Crippen LogP contribution in [0.2, 0.25) is 0 Å². The van der Waals surface area contributed by atoms with E-state index in [-0.39, 0.29) is 17.7 Å². The Morgan fingerprint density at radius 3 is 2.63 bits per heavy atom. The molecule has 1 amide bonds. The van der Waals surface area contributed by atoms with Crippen molar-refractivity contribution in [1.82, 2.24) is 10.3 Å². The van der Waals surface area contributed by atoms with Crippen molar-refractivity contribution in [3.05, 3.63) is 84.7 Å². The smallest absolute Gasteiger partial charge is 0.229 e. The van der Waals surface area contributed by atoms with Crippen LogP contribution in [0.4, 0.5) is 5.69 Å². The second-order valence-corrected chi connectivity index (χ2v) is 6.56. The zero-order valence-electron chi connectivity index (χ0n) is 14.8. The molecule has 1 aliphatic heterocycles. The molecule has 136 valence electrons. The number of ether oxygens (including phenoxy) is 1. The van der Waals surface area contributed by atoms with Gasteiger partial charge in [-0.3, -0.25) is 9.78 Å². The van der Waals surface area contributed by atoms with E-state index in [1.165, 1.54) is 5.56 Å². The molecule has 3 aromatic rings. The average molecular weight is 359 g/mol. The van der Waals surface area contributed by atoms with E-state index in [0.29, 0.717) is 23.7 Å². The SMILES string of the molecule is O=C(Nc1ccccc1Oc1cccnc1)C1CNCC1c1ccccc1. The lowest BCUT2D eigenvalue weighted by Crippen LogP contribution is -2.28. The van der Waals surface area contributed by atoms with Gasteiger partial charge in [-0.1, -0.05) is 42.5 Å². The van der Waals surface area contributed by atoms with Gasteiger partial charge in [-0.15, -0.1) is 0 Å². The number of hydrogen-bond acceptors (Lipinski definition) is 4. The van der Waals surface area contributed by atoms with Crippen molar-refractivity contribution >= 4 is 11.6 Å². The molecule has 0 bridgehead atoms. The first-order valence-electron chi connectivity index (χ1n) is 9.05. The highest BCUT2D eigenvalue weighted by molar-refractivity contribution is 5.95. The molecule has 2 aromatic carbocycles. The number of pyridine rings is 1. The Balaban J connectivity index is 1.51. The van der Waals surface area contributed by atoms with E-state index >= 15 is 0 Å². The van der Waals surface area contributed by atoms with Gasteiger partial charge in [0.05, 0.1) is 17.8 Å². The summed E-state index contributed by atoms with van der Waals surface area (Å²) >= 11 is 0. The summed E-state index contributed by atoms with van der Waals surface area (Å²) in [5.74, 6) is 1.26. The van der Waals surface area contributed by atoms with Gasteiger partial charge >= 0.3 is 0 Å². The fourth-order valence-electron chi connectivity index (χ4n) is 3.42. The van der Waals surface area contributed by atoms with Crippen molar-refractivity contribution in [3.63, 3.8) is 0 Å². The Morgan fingerprint density at radius 2 is 1.81 bits per heavy atom. The Morgan fingerprint density at radius 1 is 1.00 bits per heavy atom. The third-order valence-electron chi connectivity index (χ3n) is 4.79. The van der Waals surface area contributed by atoms with Gasteiger partial charge in [0, 0.05) is 25.2 Å². The topological polar surface area (TPSA) is 63.2 Å². The molecular weight excluding hydrogens is 338 g/mol. The first kappa shape index (κ1) is 17.2. The van der Waals surface area contributed by atoms with Gasteiger partial charge in [0.25, 0.3) is 0 Å². The van der Waals surface area contributed by atoms with E-state index in [2.05, 4.69) is 27.8 Å². The van der Waals surface area contributed by atoms with Gasteiger partial charge < -0.3 is 15.4 Å². The highest BCUT2D eigenvalue weighted by Crippen LogP contribution is 2.32. The van der Waals surface area contributed by atoms with Crippen LogP contribution in [0.1, 0.15) is 11.5 Å². The van der Waals surface area contributed by atoms with E-state index in [1.807, 2.05) is 54.6 Å². The number of carbonyl (C=O) groups excluding carboxylic acids is 1. The summed E-state index contributed by atoms with van der Waals surface area (Å²) in [6.07, 6.45) is 3.34. The molecule has 1 fully saturated rings. The van der Waals surface area contributed by atoms with Crippen LogP contribution in [0, 0.1) is 5.92 Å². The molecule has 1 aromatic heterocycles. The largest absolute Gasteiger partial charge is 0.454 e. The molecule has 2 N–H and O–H groups in total. The Labute approximate surface area is 158 Å². The Bertz CT molecular complexity index is 900. The van der Waals surface area contributed by atoms with Crippen LogP contribution in [-0.4, -0.2) is 24.0 Å². The second-order valence-electron chi connectivity index (χ2n) is 6.56. The summed E-state index contributed by atoms with van der Waals surface area (Å²) in [6, 6.07) is 21.3. The van der Waals surface area contributed by atoms with Crippen molar-refractivity contribution in [2.75, 3.05) is 18.4 Å². The van der Waals surface area contributed by atoms with Gasteiger partial charge in [0.15, 0.2) is 5.75 Å². The van der Waals surface area contributed by atoms with E-state index in [0.717, 1.165) is 6.54 Å². The maximum absolute atomic E-state index is 13.0. The molecule has 2 heterocycles. The van der Waals surface area contributed by atoms with Crippen molar-refractivity contribution in [2.24, 2.45) is 5.92 Å². The molecule has 5 nitrogen and oxygen atoms in total. The minimum Gasteiger partial charge on any atom is -0.454 e. The number of rotatable bonds is 5. The molecule has 2 unspecified atom stereocenters. The standard InChI is InChI=1S/C22H21N3O2/c26-22(19-15-24-14-18(19)16-7-2-1-3-8-16)25-20-10-4-5-11-21(20)27-17-9-6-12-23-13-17/h1-13,18-19,24H,14-15H2,(H,25,26). The lowest BCUT2D eigenvalue weighted by atomic mass is 9.88. The van der Waals surface area contributed by atoms with Gasteiger partial charge in [-0.25, -0.2) is 0 Å². The lowest BCUT2D eigenvalue weighted by molar-refractivity contribution is -0.119. The quantitative estimate of drug-likeness (QED) is 0.727. The van der Waals surface area contributed by atoms with Crippen molar-refractivity contribution < 1.29 is 9.53 Å². The highest BCUT2D eigenvalue weighted by atomic mass is 16.5. The van der Waals surface area contributed by atoms with E-state index < -0.39 is 0 Å². The number of nitrogens with zero attached hydrogens (tertiary/aromatic N) is 1. The zero-order valence-corrected chi connectivity index (χ0v) is 14.8. The minimum atomic E-state index is -0.126. The summed E-state index contributed by atoms with van der Waals surface area (Å²) < 4.78 is 5.89. The summed E-state index contributed by atoms with van der Waals surface area (Å²) in [5, 5.41) is 6.39. The van der Waals surface area contributed by atoms with Crippen molar-refractivity contribution in [3.8, 4) is 11.5 Å². The Kier molecular flexibility index (Phi) is 5.12. The van der Waals surface area contributed by atoms with Crippen LogP contribution in [-0.2, 0) is 4.79 Å². The van der Waals surface area contributed by atoms with Gasteiger partial charge in [-0.2, -0.15) is 0 Å². The molecule has 2 atom stereocenters. The maximum Gasteiger partial charge on any atom is 0.229 e. The molecule has 0 aliphatic carbocycles. The molecule has 5 heteroatoms. The lowest BCUT2D eigenvalue weighted by Gasteiger charge is -2.19. The maximum atomic E-state index is 13.0. The van der Waals surface area contributed by atoms with Crippen LogP contribution >= 0.6 is 0 Å². The molecular formula is C22H21N3O2. The molecule has 1 aliphatic rings. The number of hydrogen-bond donors (Lipinski definition) is 2.